The van der Waals surface area contributed by atoms with Gasteiger partial charge >= 0.3 is 0 Å². The summed E-state index contributed by atoms with van der Waals surface area (Å²) >= 11 is 3.36. The fraction of sp³-hybridized carbons (Fsp3) is 0.231. The Morgan fingerprint density at radius 1 is 1.41 bits per heavy atom. The van der Waals surface area contributed by atoms with Crippen molar-refractivity contribution in [3.63, 3.8) is 0 Å². The molecule has 4 heteroatoms. The Kier molecular flexibility index (Phi) is 5.26. The maximum absolute atomic E-state index is 8.72. The van der Waals surface area contributed by atoms with Gasteiger partial charge < -0.3 is 4.74 Å². The molecule has 3 nitrogen and oxygen atoms in total. The van der Waals surface area contributed by atoms with Crippen LogP contribution in [-0.4, -0.2) is 6.61 Å². The lowest BCUT2D eigenvalue weighted by atomic mass is 10.1. The lowest BCUT2D eigenvalue weighted by Crippen LogP contribution is -1.97. The monoisotopic (exact) mass is 290 g/mol. The molecule has 0 fully saturated rings. The highest BCUT2D eigenvalue weighted by molar-refractivity contribution is 9.10. The summed E-state index contributed by atoms with van der Waals surface area (Å²) in [5.74, 6) is 0.671. The predicted octanol–water partition coefficient (Wildman–Crippen LogP) is 3.67. The topological polar surface area (TPSA) is 56.8 Å². The zero-order valence-electron chi connectivity index (χ0n) is 9.40. The Balaban J connectivity index is 3.11. The summed E-state index contributed by atoms with van der Waals surface area (Å²) < 4.78 is 6.46. The van der Waals surface area contributed by atoms with Crippen LogP contribution in [0.3, 0.4) is 0 Å². The molecule has 17 heavy (non-hydrogen) atoms. The lowest BCUT2D eigenvalue weighted by Gasteiger charge is -2.08. The molecule has 86 valence electrons. The number of allylic oxidation sites excluding steroid dienone is 1. The first-order valence-corrected chi connectivity index (χ1v) is 5.94. The smallest absolute Gasteiger partial charge is 0.130 e. The molecule has 0 amide bonds. The molecule has 0 aromatic heterocycles. The van der Waals surface area contributed by atoms with Gasteiger partial charge in [0.25, 0.3) is 0 Å². The van der Waals surface area contributed by atoms with Gasteiger partial charge in [0.1, 0.15) is 23.5 Å². The number of ether oxygens (including phenoxy) is 1. The van der Waals surface area contributed by atoms with Gasteiger partial charge in [-0.25, -0.2) is 0 Å². The summed E-state index contributed by atoms with van der Waals surface area (Å²) in [6.07, 6.45) is 2.43. The van der Waals surface area contributed by atoms with Gasteiger partial charge in [0.2, 0.25) is 0 Å². The van der Waals surface area contributed by atoms with Crippen molar-refractivity contribution in [3.05, 3.63) is 33.8 Å². The van der Waals surface area contributed by atoms with Gasteiger partial charge in [0.05, 0.1) is 6.61 Å². The molecule has 0 saturated heterocycles. The van der Waals surface area contributed by atoms with Crippen molar-refractivity contribution < 1.29 is 4.74 Å². The van der Waals surface area contributed by atoms with Crippen molar-refractivity contribution in [2.75, 3.05) is 6.61 Å². The SMILES string of the molecule is CCCOc1cc(Br)ccc1C=C(C#N)C#N. The van der Waals surface area contributed by atoms with E-state index < -0.39 is 0 Å². The third-order valence-electron chi connectivity index (χ3n) is 1.98. The molecule has 0 atom stereocenters. The Labute approximate surface area is 109 Å². The van der Waals surface area contributed by atoms with Gasteiger partial charge in [-0.05, 0) is 24.6 Å². The zero-order chi connectivity index (χ0) is 12.7. The van der Waals surface area contributed by atoms with Crippen molar-refractivity contribution in [2.45, 2.75) is 13.3 Å². The van der Waals surface area contributed by atoms with Gasteiger partial charge in [-0.2, -0.15) is 10.5 Å². The van der Waals surface area contributed by atoms with Crippen molar-refractivity contribution >= 4 is 22.0 Å². The van der Waals surface area contributed by atoms with Crippen molar-refractivity contribution in [1.29, 1.82) is 10.5 Å². The highest BCUT2D eigenvalue weighted by Crippen LogP contribution is 2.26. The van der Waals surface area contributed by atoms with Crippen LogP contribution in [0.1, 0.15) is 18.9 Å². The number of hydrogen-bond donors (Lipinski definition) is 0. The summed E-state index contributed by atoms with van der Waals surface area (Å²) in [4.78, 5) is 0. The van der Waals surface area contributed by atoms with E-state index in [9.17, 15) is 0 Å². The Morgan fingerprint density at radius 3 is 2.71 bits per heavy atom. The summed E-state index contributed by atoms with van der Waals surface area (Å²) in [7, 11) is 0. The van der Waals surface area contributed by atoms with E-state index in [0.29, 0.717) is 12.4 Å². The van der Waals surface area contributed by atoms with Crippen LogP contribution in [0, 0.1) is 22.7 Å². The van der Waals surface area contributed by atoms with Gasteiger partial charge in [-0.15, -0.1) is 0 Å². The number of hydrogen-bond acceptors (Lipinski definition) is 3. The van der Waals surface area contributed by atoms with E-state index >= 15 is 0 Å². The minimum Gasteiger partial charge on any atom is -0.493 e. The molecule has 0 saturated carbocycles. The fourth-order valence-electron chi connectivity index (χ4n) is 1.21. The number of rotatable bonds is 4. The first-order valence-electron chi connectivity index (χ1n) is 5.15. The van der Waals surface area contributed by atoms with Crippen LogP contribution >= 0.6 is 15.9 Å². The van der Waals surface area contributed by atoms with Gasteiger partial charge in [0.15, 0.2) is 0 Å². The average Bonchev–Trinajstić information content (AvgIpc) is 2.35. The fourth-order valence-corrected chi connectivity index (χ4v) is 1.55. The van der Waals surface area contributed by atoms with E-state index in [1.165, 1.54) is 6.08 Å². The maximum Gasteiger partial charge on any atom is 0.130 e. The van der Waals surface area contributed by atoms with E-state index in [1.807, 2.05) is 37.3 Å². The summed E-state index contributed by atoms with van der Waals surface area (Å²) in [6.45, 7) is 2.62. The molecule has 0 aliphatic rings. The Morgan fingerprint density at radius 2 is 2.12 bits per heavy atom. The van der Waals surface area contributed by atoms with Crippen LogP contribution in [0.15, 0.2) is 28.2 Å². The average molecular weight is 291 g/mol. The Bertz CT molecular complexity index is 493. The van der Waals surface area contributed by atoms with Gasteiger partial charge in [-0.1, -0.05) is 28.9 Å². The second-order valence-electron chi connectivity index (χ2n) is 3.31. The number of nitrogens with zero attached hydrogens (tertiary/aromatic N) is 2. The number of benzene rings is 1. The second-order valence-corrected chi connectivity index (χ2v) is 4.23. The lowest BCUT2D eigenvalue weighted by molar-refractivity contribution is 0.316. The molecular formula is C13H11BrN2O. The van der Waals surface area contributed by atoms with E-state index in [-0.39, 0.29) is 5.57 Å². The highest BCUT2D eigenvalue weighted by atomic mass is 79.9. The first-order chi connectivity index (χ1) is 8.21. The minimum absolute atomic E-state index is 0.0636. The largest absolute Gasteiger partial charge is 0.493 e. The number of halogens is 1. The van der Waals surface area contributed by atoms with Crippen LogP contribution in [0.25, 0.3) is 6.08 Å². The maximum atomic E-state index is 8.72. The first kappa shape index (κ1) is 13.3. The molecule has 0 aliphatic heterocycles. The molecule has 1 rings (SSSR count). The third-order valence-corrected chi connectivity index (χ3v) is 2.47. The molecular weight excluding hydrogens is 280 g/mol. The van der Waals surface area contributed by atoms with E-state index in [4.69, 9.17) is 15.3 Å². The normalized spacial score (nSPS) is 8.94. The molecule has 0 aliphatic carbocycles. The minimum atomic E-state index is 0.0636. The number of nitriles is 2. The molecule has 0 heterocycles. The predicted molar refractivity (Wildman–Crippen MR) is 69.1 cm³/mol. The molecule has 0 radical (unpaired) electrons. The van der Waals surface area contributed by atoms with E-state index in [2.05, 4.69) is 15.9 Å². The van der Waals surface area contributed by atoms with Crippen molar-refractivity contribution in [3.8, 4) is 17.9 Å². The van der Waals surface area contributed by atoms with E-state index in [1.54, 1.807) is 0 Å². The van der Waals surface area contributed by atoms with Crippen LogP contribution in [0.2, 0.25) is 0 Å². The molecule has 0 spiro atoms. The Hall–Kier alpha value is -1.78. The third kappa shape index (κ3) is 3.94. The summed E-state index contributed by atoms with van der Waals surface area (Å²) in [5, 5.41) is 17.4. The van der Waals surface area contributed by atoms with Gasteiger partial charge in [-0.3, -0.25) is 0 Å². The van der Waals surface area contributed by atoms with Crippen molar-refractivity contribution in [1.82, 2.24) is 0 Å². The molecule has 0 N–H and O–H groups in total. The summed E-state index contributed by atoms with van der Waals surface area (Å²) in [6, 6.07) is 9.14. The van der Waals surface area contributed by atoms with Crippen LogP contribution in [0.4, 0.5) is 0 Å². The molecule has 1 aromatic rings. The standard InChI is InChI=1S/C13H11BrN2O/c1-2-5-17-13-7-12(14)4-3-11(13)6-10(8-15)9-16/h3-4,6-7H,2,5H2,1H3. The molecule has 1 aromatic carbocycles. The quantitative estimate of drug-likeness (QED) is 0.795. The van der Waals surface area contributed by atoms with E-state index in [0.717, 1.165) is 16.5 Å². The highest BCUT2D eigenvalue weighted by Gasteiger charge is 2.04. The summed E-state index contributed by atoms with van der Waals surface area (Å²) in [5.41, 5.74) is 0.799. The van der Waals surface area contributed by atoms with Crippen LogP contribution < -0.4 is 4.74 Å². The van der Waals surface area contributed by atoms with Gasteiger partial charge in [0, 0.05) is 10.0 Å². The van der Waals surface area contributed by atoms with Crippen LogP contribution in [-0.2, 0) is 0 Å². The molecule has 0 bridgehead atoms. The second kappa shape index (κ2) is 6.73. The van der Waals surface area contributed by atoms with Crippen LogP contribution in [0.5, 0.6) is 5.75 Å². The molecule has 0 unspecified atom stereocenters. The van der Waals surface area contributed by atoms with Crippen molar-refractivity contribution in [2.24, 2.45) is 0 Å². The zero-order valence-corrected chi connectivity index (χ0v) is 11.0.